The number of nitrogens with zero attached hydrogens (tertiary/aromatic N) is 1. The van der Waals surface area contributed by atoms with Gasteiger partial charge in [-0.1, -0.05) is 18.6 Å². The van der Waals surface area contributed by atoms with Gasteiger partial charge in [-0.3, -0.25) is 4.21 Å². The zero-order valence-corrected chi connectivity index (χ0v) is 11.8. The molecule has 2 N–H and O–H groups in total. The van der Waals surface area contributed by atoms with Crippen LogP contribution in [0, 0.1) is 16.7 Å². The Morgan fingerprint density at radius 1 is 1.33 bits per heavy atom. The molecule has 0 aromatic heterocycles. The van der Waals surface area contributed by atoms with Gasteiger partial charge in [-0.2, -0.15) is 5.26 Å². The summed E-state index contributed by atoms with van der Waals surface area (Å²) in [4.78, 5) is 0.719. The average molecular weight is 264 g/mol. The van der Waals surface area contributed by atoms with E-state index in [0.717, 1.165) is 24.2 Å². The molecule has 1 aromatic carbocycles. The van der Waals surface area contributed by atoms with Crippen LogP contribution in [0.1, 0.15) is 33.1 Å². The minimum absolute atomic E-state index is 0.284. The molecule has 0 saturated heterocycles. The number of nitrogen functional groups attached to an aromatic ring is 1. The van der Waals surface area contributed by atoms with Crippen molar-refractivity contribution in [2.24, 2.45) is 5.41 Å². The van der Waals surface area contributed by atoms with E-state index in [1.165, 1.54) is 0 Å². The quantitative estimate of drug-likeness (QED) is 0.634. The summed E-state index contributed by atoms with van der Waals surface area (Å²) in [5.74, 6) is 0.607. The lowest BCUT2D eigenvalue weighted by molar-refractivity contribution is 0.432. The normalized spacial score (nSPS) is 12.9. The summed E-state index contributed by atoms with van der Waals surface area (Å²) in [6.07, 6.45) is 2.61. The van der Waals surface area contributed by atoms with Crippen molar-refractivity contribution in [2.45, 2.75) is 38.0 Å². The van der Waals surface area contributed by atoms with Gasteiger partial charge in [0.05, 0.1) is 27.2 Å². The highest BCUT2D eigenvalue weighted by Gasteiger charge is 2.16. The molecule has 0 saturated carbocycles. The van der Waals surface area contributed by atoms with E-state index in [2.05, 4.69) is 6.07 Å². The number of anilines is 1. The van der Waals surface area contributed by atoms with Crippen LogP contribution < -0.4 is 5.73 Å². The number of nitriles is 1. The van der Waals surface area contributed by atoms with E-state index in [-0.39, 0.29) is 5.41 Å². The van der Waals surface area contributed by atoms with Crippen LogP contribution in [-0.4, -0.2) is 9.96 Å². The molecule has 0 spiro atoms. The zero-order chi connectivity index (χ0) is 13.6. The smallest absolute Gasteiger partial charge is 0.0683 e. The summed E-state index contributed by atoms with van der Waals surface area (Å²) in [7, 11) is -1.03. The van der Waals surface area contributed by atoms with E-state index in [0.29, 0.717) is 11.4 Å². The second-order valence-corrected chi connectivity index (χ2v) is 6.58. The van der Waals surface area contributed by atoms with Crippen molar-refractivity contribution >= 4 is 16.5 Å². The maximum Gasteiger partial charge on any atom is 0.0683 e. The predicted octanol–water partition coefficient (Wildman–Crippen LogP) is 3.10. The second kappa shape index (κ2) is 6.55. The van der Waals surface area contributed by atoms with Gasteiger partial charge in [0.15, 0.2) is 0 Å². The molecule has 3 nitrogen and oxygen atoms in total. The molecule has 0 aliphatic heterocycles. The third-order valence-electron chi connectivity index (χ3n) is 2.85. The van der Waals surface area contributed by atoms with Crippen LogP contribution >= 0.6 is 0 Å². The molecule has 4 heteroatoms. The van der Waals surface area contributed by atoms with Crippen LogP contribution in [0.3, 0.4) is 0 Å². The van der Waals surface area contributed by atoms with Gasteiger partial charge in [0.1, 0.15) is 0 Å². The summed E-state index contributed by atoms with van der Waals surface area (Å²) in [6, 6.07) is 9.54. The summed E-state index contributed by atoms with van der Waals surface area (Å²) in [5, 5.41) is 8.89. The lowest BCUT2D eigenvalue weighted by atomic mass is 9.89. The highest BCUT2D eigenvalue weighted by Crippen LogP contribution is 2.22. The van der Waals surface area contributed by atoms with Crippen LogP contribution in [0.15, 0.2) is 29.2 Å². The Labute approximate surface area is 111 Å². The summed E-state index contributed by atoms with van der Waals surface area (Å²) < 4.78 is 12.0. The molecular weight excluding hydrogens is 244 g/mol. The molecule has 0 aliphatic carbocycles. The molecule has 0 heterocycles. The molecule has 0 radical (unpaired) electrons. The third kappa shape index (κ3) is 4.50. The standard InChI is InChI=1S/C14H20N2OS/c1-14(2,11-15)9-5-6-10-18(17)13-8-4-3-7-12(13)16/h3-4,7-8H,5-6,9-10,16H2,1-2H3. The minimum atomic E-state index is -1.03. The molecule has 0 amide bonds. The molecule has 0 fully saturated rings. The monoisotopic (exact) mass is 264 g/mol. The first-order valence-corrected chi connectivity index (χ1v) is 7.42. The fourth-order valence-electron chi connectivity index (χ4n) is 1.65. The SMILES string of the molecule is CC(C)(C#N)CCCCS(=O)c1ccccc1N. The number of benzene rings is 1. The van der Waals surface area contributed by atoms with Crippen LogP contribution in [0.25, 0.3) is 0 Å². The number of hydrogen-bond acceptors (Lipinski definition) is 3. The van der Waals surface area contributed by atoms with Crippen LogP contribution in [-0.2, 0) is 10.8 Å². The molecule has 1 unspecified atom stereocenters. The second-order valence-electron chi connectivity index (χ2n) is 5.04. The third-order valence-corrected chi connectivity index (χ3v) is 4.37. The van der Waals surface area contributed by atoms with Gasteiger partial charge in [-0.05, 0) is 38.8 Å². The van der Waals surface area contributed by atoms with Crippen molar-refractivity contribution in [1.29, 1.82) is 5.26 Å². The van der Waals surface area contributed by atoms with Gasteiger partial charge >= 0.3 is 0 Å². The van der Waals surface area contributed by atoms with Gasteiger partial charge in [0.25, 0.3) is 0 Å². The summed E-state index contributed by atoms with van der Waals surface area (Å²) in [6.45, 7) is 3.86. The van der Waals surface area contributed by atoms with Crippen LogP contribution in [0.5, 0.6) is 0 Å². The molecule has 18 heavy (non-hydrogen) atoms. The van der Waals surface area contributed by atoms with Crippen molar-refractivity contribution in [2.75, 3.05) is 11.5 Å². The fraction of sp³-hybridized carbons (Fsp3) is 0.500. The fourth-order valence-corrected chi connectivity index (χ4v) is 2.90. The van der Waals surface area contributed by atoms with Gasteiger partial charge in [0, 0.05) is 11.4 Å². The minimum Gasteiger partial charge on any atom is -0.398 e. The Hall–Kier alpha value is -1.34. The number of hydrogen-bond donors (Lipinski definition) is 1. The Balaban J connectivity index is 2.40. The van der Waals surface area contributed by atoms with E-state index in [4.69, 9.17) is 11.0 Å². The predicted molar refractivity (Wildman–Crippen MR) is 75.4 cm³/mol. The molecule has 1 aromatic rings. The van der Waals surface area contributed by atoms with E-state index >= 15 is 0 Å². The Morgan fingerprint density at radius 2 is 2.00 bits per heavy atom. The number of para-hydroxylation sites is 1. The summed E-state index contributed by atoms with van der Waals surface area (Å²) in [5.41, 5.74) is 6.09. The maximum absolute atomic E-state index is 12.0. The Kier molecular flexibility index (Phi) is 5.36. The molecule has 1 atom stereocenters. The molecule has 0 aliphatic rings. The van der Waals surface area contributed by atoms with E-state index in [1.807, 2.05) is 32.0 Å². The molecular formula is C14H20N2OS. The van der Waals surface area contributed by atoms with Crippen molar-refractivity contribution in [3.8, 4) is 6.07 Å². The zero-order valence-electron chi connectivity index (χ0n) is 11.0. The van der Waals surface area contributed by atoms with E-state index in [9.17, 15) is 4.21 Å². The Bertz CT molecular complexity index is 463. The topological polar surface area (TPSA) is 66.9 Å². The maximum atomic E-state index is 12.0. The van der Waals surface area contributed by atoms with Crippen LogP contribution in [0.4, 0.5) is 5.69 Å². The van der Waals surface area contributed by atoms with Crippen LogP contribution in [0.2, 0.25) is 0 Å². The van der Waals surface area contributed by atoms with Gasteiger partial charge in [-0.25, -0.2) is 0 Å². The molecule has 98 valence electrons. The number of unbranched alkanes of at least 4 members (excludes halogenated alkanes) is 1. The lowest BCUT2D eigenvalue weighted by Gasteiger charge is -2.14. The largest absolute Gasteiger partial charge is 0.398 e. The Morgan fingerprint density at radius 3 is 2.61 bits per heavy atom. The highest BCUT2D eigenvalue weighted by molar-refractivity contribution is 7.85. The molecule has 0 bridgehead atoms. The molecule has 1 rings (SSSR count). The number of rotatable bonds is 6. The van der Waals surface area contributed by atoms with Gasteiger partial charge < -0.3 is 5.73 Å². The summed E-state index contributed by atoms with van der Waals surface area (Å²) >= 11 is 0. The highest BCUT2D eigenvalue weighted by atomic mass is 32.2. The average Bonchev–Trinajstić information content (AvgIpc) is 2.35. The van der Waals surface area contributed by atoms with Gasteiger partial charge in [0.2, 0.25) is 0 Å². The van der Waals surface area contributed by atoms with E-state index < -0.39 is 10.8 Å². The first kappa shape index (κ1) is 14.7. The van der Waals surface area contributed by atoms with Crippen molar-refractivity contribution in [3.05, 3.63) is 24.3 Å². The van der Waals surface area contributed by atoms with Crippen molar-refractivity contribution < 1.29 is 4.21 Å². The van der Waals surface area contributed by atoms with Crippen molar-refractivity contribution in [3.63, 3.8) is 0 Å². The first-order chi connectivity index (χ1) is 8.46. The lowest BCUT2D eigenvalue weighted by Crippen LogP contribution is -2.08. The van der Waals surface area contributed by atoms with E-state index in [1.54, 1.807) is 6.07 Å². The van der Waals surface area contributed by atoms with Crippen molar-refractivity contribution in [1.82, 2.24) is 0 Å². The number of nitrogens with two attached hydrogens (primary N) is 1. The van der Waals surface area contributed by atoms with Gasteiger partial charge in [-0.15, -0.1) is 0 Å². The first-order valence-electron chi connectivity index (χ1n) is 6.10.